The standard InChI is InChI=1S/C16H22FNO/c1-19-15-4-2-3-14(15)18-16(11-5-6-11)12-7-9-13(17)10-8-12/h7-11,14-16,18H,2-6H2,1H3. The van der Waals surface area contributed by atoms with Crippen LogP contribution in [0.1, 0.15) is 43.7 Å². The predicted molar refractivity (Wildman–Crippen MR) is 73.4 cm³/mol. The molecule has 104 valence electrons. The summed E-state index contributed by atoms with van der Waals surface area (Å²) in [6.45, 7) is 0. The molecule has 1 N–H and O–H groups in total. The maximum atomic E-state index is 13.0. The molecular weight excluding hydrogens is 241 g/mol. The summed E-state index contributed by atoms with van der Waals surface area (Å²) in [4.78, 5) is 0. The van der Waals surface area contributed by atoms with Gasteiger partial charge in [0.05, 0.1) is 6.10 Å². The van der Waals surface area contributed by atoms with Gasteiger partial charge in [-0.15, -0.1) is 0 Å². The SMILES string of the molecule is COC1CCCC1NC(c1ccc(F)cc1)C1CC1. The van der Waals surface area contributed by atoms with E-state index >= 15 is 0 Å². The minimum atomic E-state index is -0.158. The Hall–Kier alpha value is -0.930. The van der Waals surface area contributed by atoms with Crippen molar-refractivity contribution in [2.45, 2.75) is 50.3 Å². The first kappa shape index (κ1) is 13.1. The number of halogens is 1. The van der Waals surface area contributed by atoms with Gasteiger partial charge in [0.25, 0.3) is 0 Å². The van der Waals surface area contributed by atoms with E-state index in [1.165, 1.54) is 31.2 Å². The molecule has 0 heterocycles. The van der Waals surface area contributed by atoms with Crippen molar-refractivity contribution in [3.8, 4) is 0 Å². The summed E-state index contributed by atoms with van der Waals surface area (Å²) in [7, 11) is 1.80. The number of ether oxygens (including phenoxy) is 1. The normalized spacial score (nSPS) is 28.5. The van der Waals surface area contributed by atoms with Gasteiger partial charge in [-0.3, -0.25) is 0 Å². The van der Waals surface area contributed by atoms with Crippen LogP contribution in [-0.2, 0) is 4.74 Å². The first-order valence-electron chi connectivity index (χ1n) is 7.32. The van der Waals surface area contributed by atoms with Crippen LogP contribution in [0.25, 0.3) is 0 Å². The van der Waals surface area contributed by atoms with Crippen molar-refractivity contribution >= 4 is 0 Å². The quantitative estimate of drug-likeness (QED) is 0.878. The first-order valence-corrected chi connectivity index (χ1v) is 7.32. The second kappa shape index (κ2) is 5.59. The summed E-state index contributed by atoms with van der Waals surface area (Å²) >= 11 is 0. The third-order valence-corrected chi connectivity index (χ3v) is 4.47. The summed E-state index contributed by atoms with van der Waals surface area (Å²) in [6, 6.07) is 7.77. The van der Waals surface area contributed by atoms with Crippen molar-refractivity contribution in [2.75, 3.05) is 7.11 Å². The minimum Gasteiger partial charge on any atom is -0.380 e. The van der Waals surface area contributed by atoms with Gasteiger partial charge in [0.15, 0.2) is 0 Å². The molecule has 1 aromatic rings. The summed E-state index contributed by atoms with van der Waals surface area (Å²) in [5.41, 5.74) is 1.21. The lowest BCUT2D eigenvalue weighted by molar-refractivity contribution is 0.0801. The molecule has 19 heavy (non-hydrogen) atoms. The first-order chi connectivity index (χ1) is 9.28. The fourth-order valence-corrected chi connectivity index (χ4v) is 3.23. The fourth-order valence-electron chi connectivity index (χ4n) is 3.23. The summed E-state index contributed by atoms with van der Waals surface area (Å²) < 4.78 is 18.6. The van der Waals surface area contributed by atoms with E-state index in [0.29, 0.717) is 24.1 Å². The smallest absolute Gasteiger partial charge is 0.123 e. The van der Waals surface area contributed by atoms with Gasteiger partial charge in [-0.2, -0.15) is 0 Å². The summed E-state index contributed by atoms with van der Waals surface area (Å²) in [6.07, 6.45) is 6.45. The minimum absolute atomic E-state index is 0.158. The molecule has 3 unspecified atom stereocenters. The Balaban J connectivity index is 1.72. The van der Waals surface area contributed by atoms with Crippen LogP contribution in [-0.4, -0.2) is 19.3 Å². The number of rotatable bonds is 5. The second-order valence-electron chi connectivity index (χ2n) is 5.84. The van der Waals surface area contributed by atoms with E-state index in [2.05, 4.69) is 5.32 Å². The average Bonchev–Trinajstić information content (AvgIpc) is 3.17. The van der Waals surface area contributed by atoms with Crippen LogP contribution in [0.3, 0.4) is 0 Å². The van der Waals surface area contributed by atoms with Gasteiger partial charge in [0, 0.05) is 19.2 Å². The molecule has 2 fully saturated rings. The monoisotopic (exact) mass is 263 g/mol. The fraction of sp³-hybridized carbons (Fsp3) is 0.625. The van der Waals surface area contributed by atoms with E-state index in [4.69, 9.17) is 4.74 Å². The van der Waals surface area contributed by atoms with Gasteiger partial charge in [-0.05, 0) is 55.7 Å². The van der Waals surface area contributed by atoms with Gasteiger partial charge in [-0.1, -0.05) is 12.1 Å². The molecule has 0 saturated heterocycles. The van der Waals surface area contributed by atoms with Crippen LogP contribution >= 0.6 is 0 Å². The Kier molecular flexibility index (Phi) is 3.85. The highest BCUT2D eigenvalue weighted by Gasteiger charge is 2.36. The van der Waals surface area contributed by atoms with E-state index in [0.717, 1.165) is 6.42 Å². The average molecular weight is 263 g/mol. The van der Waals surface area contributed by atoms with Gasteiger partial charge < -0.3 is 10.1 Å². The molecule has 0 bridgehead atoms. The molecule has 2 aliphatic rings. The lowest BCUT2D eigenvalue weighted by atomic mass is 10.0. The van der Waals surface area contributed by atoms with E-state index in [-0.39, 0.29) is 5.82 Å². The molecule has 0 aromatic heterocycles. The van der Waals surface area contributed by atoms with Crippen LogP contribution < -0.4 is 5.32 Å². The molecule has 1 aromatic carbocycles. The Morgan fingerprint density at radius 3 is 2.53 bits per heavy atom. The van der Waals surface area contributed by atoms with Crippen molar-refractivity contribution in [1.29, 1.82) is 0 Å². The summed E-state index contributed by atoms with van der Waals surface area (Å²) in [5.74, 6) is 0.553. The highest BCUT2D eigenvalue weighted by molar-refractivity contribution is 5.22. The van der Waals surface area contributed by atoms with Gasteiger partial charge >= 0.3 is 0 Å². The predicted octanol–water partition coefficient (Wildman–Crippen LogP) is 3.43. The lowest BCUT2D eigenvalue weighted by Gasteiger charge is -2.27. The Morgan fingerprint density at radius 1 is 1.16 bits per heavy atom. The van der Waals surface area contributed by atoms with Crippen LogP contribution in [0.5, 0.6) is 0 Å². The van der Waals surface area contributed by atoms with Crippen LogP contribution in [0.15, 0.2) is 24.3 Å². The van der Waals surface area contributed by atoms with Crippen molar-refractivity contribution in [2.24, 2.45) is 5.92 Å². The van der Waals surface area contributed by atoms with Crippen molar-refractivity contribution in [3.63, 3.8) is 0 Å². The van der Waals surface area contributed by atoms with E-state index in [9.17, 15) is 4.39 Å². The van der Waals surface area contributed by atoms with E-state index < -0.39 is 0 Å². The van der Waals surface area contributed by atoms with Crippen molar-refractivity contribution < 1.29 is 9.13 Å². The summed E-state index contributed by atoms with van der Waals surface area (Å²) in [5, 5.41) is 3.77. The van der Waals surface area contributed by atoms with Crippen molar-refractivity contribution in [1.82, 2.24) is 5.32 Å². The maximum Gasteiger partial charge on any atom is 0.123 e. The molecule has 3 rings (SSSR count). The Labute approximate surface area is 114 Å². The molecule has 0 spiro atoms. The molecule has 0 aliphatic heterocycles. The number of nitrogens with one attached hydrogen (secondary N) is 1. The molecular formula is C16H22FNO. The van der Waals surface area contributed by atoms with Gasteiger partial charge in [0.1, 0.15) is 5.82 Å². The third-order valence-electron chi connectivity index (χ3n) is 4.47. The molecule has 0 radical (unpaired) electrons. The molecule has 2 saturated carbocycles. The largest absolute Gasteiger partial charge is 0.380 e. The zero-order chi connectivity index (χ0) is 13.2. The van der Waals surface area contributed by atoms with E-state index in [1.807, 2.05) is 12.1 Å². The topological polar surface area (TPSA) is 21.3 Å². The van der Waals surface area contributed by atoms with Crippen LogP contribution in [0.4, 0.5) is 4.39 Å². The Bertz CT molecular complexity index is 415. The number of hydrogen-bond donors (Lipinski definition) is 1. The molecule has 3 atom stereocenters. The molecule has 3 heteroatoms. The van der Waals surface area contributed by atoms with E-state index in [1.54, 1.807) is 19.2 Å². The molecule has 2 aliphatic carbocycles. The highest BCUT2D eigenvalue weighted by atomic mass is 19.1. The molecule has 0 amide bonds. The molecule has 2 nitrogen and oxygen atoms in total. The lowest BCUT2D eigenvalue weighted by Crippen LogP contribution is -2.40. The number of hydrogen-bond acceptors (Lipinski definition) is 2. The Morgan fingerprint density at radius 2 is 1.89 bits per heavy atom. The van der Waals surface area contributed by atoms with Gasteiger partial charge in [-0.25, -0.2) is 4.39 Å². The number of methoxy groups -OCH3 is 1. The zero-order valence-electron chi connectivity index (χ0n) is 11.4. The zero-order valence-corrected chi connectivity index (χ0v) is 11.4. The third kappa shape index (κ3) is 2.98. The highest BCUT2D eigenvalue weighted by Crippen LogP contribution is 2.42. The number of benzene rings is 1. The second-order valence-corrected chi connectivity index (χ2v) is 5.84. The van der Waals surface area contributed by atoms with Gasteiger partial charge in [0.2, 0.25) is 0 Å². The van der Waals surface area contributed by atoms with Crippen LogP contribution in [0.2, 0.25) is 0 Å². The van der Waals surface area contributed by atoms with Crippen LogP contribution in [0, 0.1) is 11.7 Å². The van der Waals surface area contributed by atoms with Crippen molar-refractivity contribution in [3.05, 3.63) is 35.6 Å². The maximum absolute atomic E-state index is 13.0.